The summed E-state index contributed by atoms with van der Waals surface area (Å²) >= 11 is 0. The van der Waals surface area contributed by atoms with Crippen LogP contribution in [0.2, 0.25) is 0 Å². The van der Waals surface area contributed by atoms with Gasteiger partial charge in [0.25, 0.3) is 0 Å². The Bertz CT molecular complexity index is 513. The van der Waals surface area contributed by atoms with Gasteiger partial charge in [-0.15, -0.1) is 0 Å². The lowest BCUT2D eigenvalue weighted by molar-refractivity contribution is 0.429. The van der Waals surface area contributed by atoms with Gasteiger partial charge in [0.2, 0.25) is 5.82 Å². The summed E-state index contributed by atoms with van der Waals surface area (Å²) in [5.41, 5.74) is 2.83. The average Bonchev–Trinajstić information content (AvgIpc) is 2.73. The zero-order chi connectivity index (χ0) is 13.1. The lowest BCUT2D eigenvalue weighted by Gasteiger charge is -2.02. The fourth-order valence-electron chi connectivity index (χ4n) is 1.65. The van der Waals surface area contributed by atoms with Crippen molar-refractivity contribution in [3.05, 3.63) is 23.4 Å². The zero-order valence-electron chi connectivity index (χ0n) is 11.2. The normalized spacial score (nSPS) is 10.9. The molecule has 0 fully saturated rings. The van der Waals surface area contributed by atoms with Gasteiger partial charge < -0.3 is 9.84 Å². The molecule has 5 heteroatoms. The van der Waals surface area contributed by atoms with Crippen LogP contribution in [0.1, 0.15) is 25.1 Å². The van der Waals surface area contributed by atoms with Crippen molar-refractivity contribution >= 4 is 6.01 Å². The Kier molecular flexibility index (Phi) is 3.60. The number of hydrogen-bond donors (Lipinski definition) is 1. The zero-order valence-corrected chi connectivity index (χ0v) is 11.2. The molecule has 0 aromatic carbocycles. The Labute approximate surface area is 107 Å². The molecule has 0 radical (unpaired) electrons. The van der Waals surface area contributed by atoms with Gasteiger partial charge in [0, 0.05) is 12.2 Å². The second kappa shape index (κ2) is 5.16. The fourth-order valence-corrected chi connectivity index (χ4v) is 1.65. The molecule has 0 saturated heterocycles. The fraction of sp³-hybridized carbons (Fsp3) is 0.462. The molecule has 0 aliphatic carbocycles. The molecule has 0 amide bonds. The largest absolute Gasteiger partial charge is 0.337 e. The summed E-state index contributed by atoms with van der Waals surface area (Å²) in [6, 6.07) is 4.41. The van der Waals surface area contributed by atoms with E-state index in [9.17, 15) is 0 Å². The van der Waals surface area contributed by atoms with Gasteiger partial charge in [-0.25, -0.2) is 4.98 Å². The SMILES string of the molecule is Cc1cc(C)nc(-c2noc(NCC(C)C)n2)c1. The van der Waals surface area contributed by atoms with Crippen molar-refractivity contribution in [2.45, 2.75) is 27.7 Å². The highest BCUT2D eigenvalue weighted by Crippen LogP contribution is 2.17. The molecule has 0 atom stereocenters. The predicted octanol–water partition coefficient (Wildman–Crippen LogP) is 2.82. The molecule has 5 nitrogen and oxygen atoms in total. The molecular formula is C13H18N4O. The molecule has 2 aromatic heterocycles. The number of nitrogens with zero attached hydrogens (tertiary/aromatic N) is 3. The van der Waals surface area contributed by atoms with Gasteiger partial charge in [-0.05, 0) is 37.5 Å². The Morgan fingerprint density at radius 1 is 1.22 bits per heavy atom. The lowest BCUT2D eigenvalue weighted by atomic mass is 10.2. The van der Waals surface area contributed by atoms with E-state index in [0.29, 0.717) is 17.8 Å². The minimum absolute atomic E-state index is 0.444. The molecular weight excluding hydrogens is 228 g/mol. The van der Waals surface area contributed by atoms with E-state index >= 15 is 0 Å². The molecule has 2 rings (SSSR count). The molecule has 2 heterocycles. The summed E-state index contributed by atoms with van der Waals surface area (Å²) in [6.07, 6.45) is 0. The number of pyridine rings is 1. The van der Waals surface area contributed by atoms with Crippen LogP contribution in [0.3, 0.4) is 0 Å². The van der Waals surface area contributed by atoms with Gasteiger partial charge in [0.15, 0.2) is 0 Å². The molecule has 2 aromatic rings. The van der Waals surface area contributed by atoms with E-state index in [-0.39, 0.29) is 0 Å². The van der Waals surface area contributed by atoms with Gasteiger partial charge in [-0.3, -0.25) is 0 Å². The molecule has 0 saturated carbocycles. The van der Waals surface area contributed by atoms with Gasteiger partial charge in [-0.1, -0.05) is 19.0 Å². The first-order chi connectivity index (χ1) is 8.54. The third kappa shape index (κ3) is 3.06. The number of hydrogen-bond acceptors (Lipinski definition) is 5. The maximum absolute atomic E-state index is 5.14. The van der Waals surface area contributed by atoms with Gasteiger partial charge in [0.1, 0.15) is 5.69 Å². The maximum atomic E-state index is 5.14. The number of aromatic nitrogens is 3. The number of anilines is 1. The topological polar surface area (TPSA) is 63.8 Å². The first-order valence-corrected chi connectivity index (χ1v) is 6.08. The first kappa shape index (κ1) is 12.5. The lowest BCUT2D eigenvalue weighted by Crippen LogP contribution is -2.07. The summed E-state index contributed by atoms with van der Waals surface area (Å²) in [5, 5.41) is 7.03. The van der Waals surface area contributed by atoms with Crippen LogP contribution in [0.5, 0.6) is 0 Å². The molecule has 0 bridgehead atoms. The van der Waals surface area contributed by atoms with E-state index in [1.165, 1.54) is 0 Å². The standard InChI is InChI=1S/C13H18N4O/c1-8(2)7-14-13-16-12(17-18-13)11-6-9(3)5-10(4)15-11/h5-6,8H,7H2,1-4H3,(H,14,16,17). The highest BCUT2D eigenvalue weighted by atomic mass is 16.5. The van der Waals surface area contributed by atoms with E-state index < -0.39 is 0 Å². The molecule has 96 valence electrons. The molecule has 0 aliphatic rings. The minimum atomic E-state index is 0.444. The van der Waals surface area contributed by atoms with Crippen LogP contribution in [0.15, 0.2) is 16.7 Å². The van der Waals surface area contributed by atoms with Crippen molar-refractivity contribution in [2.75, 3.05) is 11.9 Å². The van der Waals surface area contributed by atoms with Crippen LogP contribution in [0.25, 0.3) is 11.5 Å². The van der Waals surface area contributed by atoms with E-state index in [4.69, 9.17) is 4.52 Å². The van der Waals surface area contributed by atoms with E-state index in [1.54, 1.807) is 0 Å². The summed E-state index contributed by atoms with van der Waals surface area (Å²) < 4.78 is 5.14. The Balaban J connectivity index is 2.18. The minimum Gasteiger partial charge on any atom is -0.337 e. The summed E-state index contributed by atoms with van der Waals surface area (Å²) in [7, 11) is 0. The van der Waals surface area contributed by atoms with E-state index in [1.807, 2.05) is 26.0 Å². The van der Waals surface area contributed by atoms with Gasteiger partial charge in [-0.2, -0.15) is 4.98 Å². The molecule has 0 aliphatic heterocycles. The maximum Gasteiger partial charge on any atom is 0.321 e. The van der Waals surface area contributed by atoms with E-state index in [2.05, 4.69) is 34.3 Å². The monoisotopic (exact) mass is 246 g/mol. The smallest absolute Gasteiger partial charge is 0.321 e. The third-order valence-corrected chi connectivity index (χ3v) is 2.41. The van der Waals surface area contributed by atoms with Crippen molar-refractivity contribution in [3.63, 3.8) is 0 Å². The number of rotatable bonds is 4. The predicted molar refractivity (Wildman–Crippen MR) is 70.3 cm³/mol. The number of nitrogens with one attached hydrogen (secondary N) is 1. The highest BCUT2D eigenvalue weighted by molar-refractivity contribution is 5.51. The van der Waals surface area contributed by atoms with Crippen LogP contribution >= 0.6 is 0 Å². The van der Waals surface area contributed by atoms with Gasteiger partial charge in [0.05, 0.1) is 0 Å². The summed E-state index contributed by atoms with van der Waals surface area (Å²) in [6.45, 7) is 9.03. The van der Waals surface area contributed by atoms with Crippen molar-refractivity contribution in [1.29, 1.82) is 0 Å². The second-order valence-corrected chi connectivity index (χ2v) is 4.87. The quantitative estimate of drug-likeness (QED) is 0.898. The average molecular weight is 246 g/mol. The van der Waals surface area contributed by atoms with E-state index in [0.717, 1.165) is 23.5 Å². The van der Waals surface area contributed by atoms with Crippen molar-refractivity contribution < 1.29 is 4.52 Å². The third-order valence-electron chi connectivity index (χ3n) is 2.41. The van der Waals surface area contributed by atoms with Crippen molar-refractivity contribution in [1.82, 2.24) is 15.1 Å². The van der Waals surface area contributed by atoms with Crippen LogP contribution in [-0.2, 0) is 0 Å². The Hall–Kier alpha value is -1.91. The van der Waals surface area contributed by atoms with Crippen LogP contribution in [0, 0.1) is 19.8 Å². The highest BCUT2D eigenvalue weighted by Gasteiger charge is 2.10. The number of aryl methyl sites for hydroxylation is 2. The molecule has 18 heavy (non-hydrogen) atoms. The van der Waals surface area contributed by atoms with Crippen LogP contribution in [0.4, 0.5) is 6.01 Å². The Morgan fingerprint density at radius 2 is 2.00 bits per heavy atom. The summed E-state index contributed by atoms with van der Waals surface area (Å²) in [4.78, 5) is 8.68. The van der Waals surface area contributed by atoms with Gasteiger partial charge >= 0.3 is 6.01 Å². The molecule has 0 spiro atoms. The Morgan fingerprint density at radius 3 is 2.67 bits per heavy atom. The van der Waals surface area contributed by atoms with Crippen molar-refractivity contribution in [2.24, 2.45) is 5.92 Å². The van der Waals surface area contributed by atoms with Crippen LogP contribution < -0.4 is 5.32 Å². The summed E-state index contributed by atoms with van der Waals surface area (Å²) in [5.74, 6) is 1.05. The first-order valence-electron chi connectivity index (χ1n) is 6.08. The second-order valence-electron chi connectivity index (χ2n) is 4.87. The van der Waals surface area contributed by atoms with Crippen molar-refractivity contribution in [3.8, 4) is 11.5 Å². The van der Waals surface area contributed by atoms with Crippen LogP contribution in [-0.4, -0.2) is 21.7 Å². The molecule has 1 N–H and O–H groups in total. The molecule has 0 unspecified atom stereocenters.